The van der Waals surface area contributed by atoms with Gasteiger partial charge < -0.3 is 15.4 Å². The Kier molecular flexibility index (Phi) is 7.37. The number of aryl methyl sites for hydroxylation is 1. The van der Waals surface area contributed by atoms with E-state index in [9.17, 15) is 9.59 Å². The Hall–Kier alpha value is -2.86. The lowest BCUT2D eigenvalue weighted by molar-refractivity contribution is -0.117. The van der Waals surface area contributed by atoms with E-state index in [1.165, 1.54) is 7.11 Å². The molecular formula is C21H27N3O3. The third kappa shape index (κ3) is 5.56. The van der Waals surface area contributed by atoms with Gasteiger partial charge in [0.15, 0.2) is 0 Å². The van der Waals surface area contributed by atoms with Gasteiger partial charge in [0.25, 0.3) is 5.91 Å². The summed E-state index contributed by atoms with van der Waals surface area (Å²) >= 11 is 0. The van der Waals surface area contributed by atoms with Crippen LogP contribution in [0.1, 0.15) is 29.8 Å². The number of carbonyl (C=O) groups is 2. The minimum atomic E-state index is -0.245. The minimum absolute atomic E-state index is 0.0485. The fourth-order valence-corrected chi connectivity index (χ4v) is 2.75. The highest BCUT2D eigenvalue weighted by molar-refractivity contribution is 6.06. The molecule has 0 bridgehead atoms. The number of nitrogens with one attached hydrogen (secondary N) is 2. The summed E-state index contributed by atoms with van der Waals surface area (Å²) in [5.74, 6) is 0.227. The van der Waals surface area contributed by atoms with Crippen molar-refractivity contribution in [1.82, 2.24) is 4.90 Å². The van der Waals surface area contributed by atoms with Gasteiger partial charge in [-0.2, -0.15) is 0 Å². The molecule has 0 fully saturated rings. The summed E-state index contributed by atoms with van der Waals surface area (Å²) < 4.78 is 5.23. The molecule has 0 heterocycles. The first kappa shape index (κ1) is 20.5. The Morgan fingerprint density at radius 1 is 1.04 bits per heavy atom. The largest absolute Gasteiger partial charge is 0.496 e. The van der Waals surface area contributed by atoms with Gasteiger partial charge in [-0.25, -0.2) is 0 Å². The van der Waals surface area contributed by atoms with Gasteiger partial charge in [0.1, 0.15) is 5.75 Å². The number of hydrogen-bond donors (Lipinski definition) is 2. The number of para-hydroxylation sites is 1. The minimum Gasteiger partial charge on any atom is -0.496 e. The first-order chi connectivity index (χ1) is 13.0. The molecule has 2 aromatic rings. The summed E-state index contributed by atoms with van der Waals surface area (Å²) in [5.41, 5.74) is 2.74. The van der Waals surface area contributed by atoms with Gasteiger partial charge in [0.05, 0.1) is 19.2 Å². The van der Waals surface area contributed by atoms with Crippen LogP contribution in [-0.4, -0.2) is 43.5 Å². The Morgan fingerprint density at radius 3 is 2.37 bits per heavy atom. The molecule has 6 nitrogen and oxygen atoms in total. The molecule has 6 heteroatoms. The highest BCUT2D eigenvalue weighted by atomic mass is 16.5. The van der Waals surface area contributed by atoms with Gasteiger partial charge in [-0.1, -0.05) is 26.0 Å². The molecule has 0 aliphatic carbocycles. The summed E-state index contributed by atoms with van der Waals surface area (Å²) in [6.45, 7) is 7.97. The molecule has 0 saturated heterocycles. The van der Waals surface area contributed by atoms with Crippen molar-refractivity contribution in [1.29, 1.82) is 0 Å². The van der Waals surface area contributed by atoms with Crippen molar-refractivity contribution in [2.24, 2.45) is 0 Å². The number of benzene rings is 2. The first-order valence-corrected chi connectivity index (χ1v) is 9.05. The zero-order valence-electron chi connectivity index (χ0n) is 16.3. The van der Waals surface area contributed by atoms with E-state index < -0.39 is 0 Å². The number of hydrogen-bond acceptors (Lipinski definition) is 4. The number of anilines is 2. The van der Waals surface area contributed by atoms with Crippen LogP contribution in [0.15, 0.2) is 42.5 Å². The van der Waals surface area contributed by atoms with Crippen LogP contribution in [0, 0.1) is 6.92 Å². The maximum absolute atomic E-state index is 12.5. The number of amides is 2. The molecular weight excluding hydrogens is 342 g/mol. The average molecular weight is 369 g/mol. The van der Waals surface area contributed by atoms with Crippen LogP contribution in [0.25, 0.3) is 0 Å². The van der Waals surface area contributed by atoms with Crippen LogP contribution in [-0.2, 0) is 4.79 Å². The lowest BCUT2D eigenvalue weighted by atomic mass is 10.1. The number of ether oxygens (including phenoxy) is 1. The van der Waals surface area contributed by atoms with E-state index in [0.29, 0.717) is 23.5 Å². The fraction of sp³-hybridized carbons (Fsp3) is 0.333. The van der Waals surface area contributed by atoms with E-state index in [4.69, 9.17) is 4.74 Å². The first-order valence-electron chi connectivity index (χ1n) is 9.05. The van der Waals surface area contributed by atoms with Crippen molar-refractivity contribution in [3.05, 3.63) is 53.6 Å². The molecule has 0 radical (unpaired) electrons. The van der Waals surface area contributed by atoms with Gasteiger partial charge in [0.2, 0.25) is 5.91 Å². The maximum atomic E-state index is 12.5. The van der Waals surface area contributed by atoms with E-state index in [2.05, 4.69) is 10.6 Å². The van der Waals surface area contributed by atoms with Crippen molar-refractivity contribution in [2.75, 3.05) is 37.4 Å². The third-order valence-corrected chi connectivity index (χ3v) is 4.37. The van der Waals surface area contributed by atoms with Crippen molar-refractivity contribution >= 4 is 23.2 Å². The molecule has 27 heavy (non-hydrogen) atoms. The number of carbonyl (C=O) groups excluding carboxylic acids is 2. The second kappa shape index (κ2) is 9.73. The molecule has 2 N–H and O–H groups in total. The van der Waals surface area contributed by atoms with Crippen molar-refractivity contribution in [2.45, 2.75) is 20.8 Å². The highest BCUT2D eigenvalue weighted by Gasteiger charge is 2.13. The summed E-state index contributed by atoms with van der Waals surface area (Å²) in [4.78, 5) is 26.7. The molecule has 2 rings (SSSR count). The second-order valence-electron chi connectivity index (χ2n) is 6.19. The maximum Gasteiger partial charge on any atom is 0.259 e. The molecule has 0 unspecified atom stereocenters. The van der Waals surface area contributed by atoms with Crippen molar-refractivity contribution < 1.29 is 14.3 Å². The van der Waals surface area contributed by atoms with Crippen LogP contribution >= 0.6 is 0 Å². The fourth-order valence-electron chi connectivity index (χ4n) is 2.75. The molecule has 0 aromatic heterocycles. The Bertz CT molecular complexity index is 801. The molecule has 144 valence electrons. The smallest absolute Gasteiger partial charge is 0.259 e. The lowest BCUT2D eigenvalue weighted by Crippen LogP contribution is -2.33. The molecule has 0 spiro atoms. The monoisotopic (exact) mass is 369 g/mol. The van der Waals surface area contributed by atoms with Crippen molar-refractivity contribution in [3.8, 4) is 5.75 Å². The number of rotatable bonds is 8. The van der Waals surface area contributed by atoms with E-state index in [-0.39, 0.29) is 11.8 Å². The van der Waals surface area contributed by atoms with Crippen LogP contribution in [0.2, 0.25) is 0 Å². The predicted octanol–water partition coefficient (Wildman–Crippen LogP) is 3.54. The van der Waals surface area contributed by atoms with Gasteiger partial charge in [0, 0.05) is 11.4 Å². The summed E-state index contributed by atoms with van der Waals surface area (Å²) in [6, 6.07) is 12.5. The molecule has 0 atom stereocenters. The molecule has 2 amide bonds. The second-order valence-corrected chi connectivity index (χ2v) is 6.19. The molecule has 0 aliphatic heterocycles. The summed E-state index contributed by atoms with van der Waals surface area (Å²) in [6.07, 6.45) is 0. The topological polar surface area (TPSA) is 70.7 Å². The quantitative estimate of drug-likeness (QED) is 0.747. The molecule has 0 aliphatic rings. The van der Waals surface area contributed by atoms with Crippen molar-refractivity contribution in [3.63, 3.8) is 0 Å². The molecule has 2 aromatic carbocycles. The van der Waals surface area contributed by atoms with Gasteiger partial charge in [-0.05, 0) is 55.9 Å². The summed E-state index contributed by atoms with van der Waals surface area (Å²) in [5, 5.41) is 5.79. The number of methoxy groups -OCH3 is 1. The van der Waals surface area contributed by atoms with Gasteiger partial charge in [-0.3, -0.25) is 14.5 Å². The van der Waals surface area contributed by atoms with E-state index in [1.807, 2.05) is 37.8 Å². The molecule has 0 saturated carbocycles. The Morgan fingerprint density at radius 2 is 1.74 bits per heavy atom. The van der Waals surface area contributed by atoms with Gasteiger partial charge in [-0.15, -0.1) is 0 Å². The van der Waals surface area contributed by atoms with Crippen LogP contribution in [0.3, 0.4) is 0 Å². The Balaban J connectivity index is 2.06. The lowest BCUT2D eigenvalue weighted by Gasteiger charge is -2.18. The highest BCUT2D eigenvalue weighted by Crippen LogP contribution is 2.22. The zero-order chi connectivity index (χ0) is 19.8. The predicted molar refractivity (Wildman–Crippen MR) is 109 cm³/mol. The van der Waals surface area contributed by atoms with Gasteiger partial charge >= 0.3 is 0 Å². The zero-order valence-corrected chi connectivity index (χ0v) is 16.3. The Labute approximate surface area is 160 Å². The van der Waals surface area contributed by atoms with E-state index >= 15 is 0 Å². The van der Waals surface area contributed by atoms with Crippen LogP contribution in [0.4, 0.5) is 11.4 Å². The SMILES string of the molecule is CCN(CC)CC(=O)Nc1ccc(NC(=O)c2ccccc2OC)cc1C. The van der Waals surface area contributed by atoms with Crippen LogP contribution < -0.4 is 15.4 Å². The standard InChI is InChI=1S/C21H27N3O3/c1-5-24(6-2)14-20(25)23-18-12-11-16(13-15(18)3)22-21(26)17-9-7-8-10-19(17)27-4/h7-13H,5-6,14H2,1-4H3,(H,22,26)(H,23,25). The third-order valence-electron chi connectivity index (χ3n) is 4.37. The normalized spacial score (nSPS) is 10.6. The number of likely N-dealkylation sites (N-methyl/N-ethyl adjacent to an activating group) is 1. The average Bonchev–Trinajstić information content (AvgIpc) is 2.68. The summed E-state index contributed by atoms with van der Waals surface area (Å²) in [7, 11) is 1.53. The van der Waals surface area contributed by atoms with Crippen LogP contribution in [0.5, 0.6) is 5.75 Å². The van der Waals surface area contributed by atoms with E-state index in [1.54, 1.807) is 30.3 Å². The van der Waals surface area contributed by atoms with E-state index in [0.717, 1.165) is 24.3 Å². The number of nitrogens with zero attached hydrogens (tertiary/aromatic N) is 1.